The van der Waals surface area contributed by atoms with Crippen molar-refractivity contribution in [2.45, 2.75) is 45.7 Å². The lowest BCUT2D eigenvalue weighted by Gasteiger charge is -2.16. The fraction of sp³-hybridized carbons (Fsp3) is 0.571. The van der Waals surface area contributed by atoms with Crippen molar-refractivity contribution in [3.63, 3.8) is 0 Å². The van der Waals surface area contributed by atoms with Crippen molar-refractivity contribution in [2.75, 3.05) is 6.54 Å². The summed E-state index contributed by atoms with van der Waals surface area (Å²) in [4.78, 5) is 4.36. The van der Waals surface area contributed by atoms with E-state index in [9.17, 15) is 0 Å². The number of hydrogen-bond donors (Lipinski definition) is 1. The molecule has 5 nitrogen and oxygen atoms in total. The van der Waals surface area contributed by atoms with Gasteiger partial charge < -0.3 is 9.73 Å². The summed E-state index contributed by atoms with van der Waals surface area (Å²) in [7, 11) is 0. The van der Waals surface area contributed by atoms with Gasteiger partial charge in [0.25, 0.3) is 0 Å². The van der Waals surface area contributed by atoms with Crippen molar-refractivity contribution < 1.29 is 4.42 Å². The second-order valence-corrected chi connectivity index (χ2v) is 4.63. The van der Waals surface area contributed by atoms with Crippen molar-refractivity contribution >= 4 is 0 Å². The van der Waals surface area contributed by atoms with Crippen LogP contribution in [0.5, 0.6) is 0 Å². The van der Waals surface area contributed by atoms with Crippen molar-refractivity contribution in [3.8, 4) is 0 Å². The third-order valence-electron chi connectivity index (χ3n) is 3.05. The minimum absolute atomic E-state index is 0.162. The fourth-order valence-corrected chi connectivity index (χ4v) is 2.11. The molecule has 0 saturated heterocycles. The Labute approximate surface area is 114 Å². The molecule has 0 aliphatic rings. The van der Waals surface area contributed by atoms with Crippen LogP contribution in [0.1, 0.15) is 44.3 Å². The smallest absolute Gasteiger partial charge is 0.138 e. The lowest BCUT2D eigenvalue weighted by molar-refractivity contribution is 0.399. The summed E-state index contributed by atoms with van der Waals surface area (Å²) in [5.74, 6) is 1.96. The van der Waals surface area contributed by atoms with Crippen LogP contribution < -0.4 is 5.32 Å². The Morgan fingerprint density at radius 1 is 1.37 bits per heavy atom. The van der Waals surface area contributed by atoms with Gasteiger partial charge in [-0.05, 0) is 31.5 Å². The highest BCUT2D eigenvalue weighted by Crippen LogP contribution is 2.18. The Bertz CT molecular complexity index is 464. The van der Waals surface area contributed by atoms with Crippen LogP contribution in [0, 0.1) is 0 Å². The van der Waals surface area contributed by atoms with E-state index in [0.29, 0.717) is 0 Å². The molecular weight excluding hydrogens is 240 g/mol. The van der Waals surface area contributed by atoms with Gasteiger partial charge in [-0.15, -0.1) is 0 Å². The molecule has 5 heteroatoms. The molecule has 0 aliphatic heterocycles. The van der Waals surface area contributed by atoms with Gasteiger partial charge >= 0.3 is 0 Å². The topological polar surface area (TPSA) is 55.9 Å². The van der Waals surface area contributed by atoms with E-state index in [1.54, 1.807) is 12.6 Å². The zero-order chi connectivity index (χ0) is 13.5. The molecular formula is C14H22N4O. The normalized spacial score (nSPS) is 12.7. The lowest BCUT2D eigenvalue weighted by Crippen LogP contribution is -2.25. The van der Waals surface area contributed by atoms with Crippen molar-refractivity contribution in [2.24, 2.45) is 0 Å². The number of hydrogen-bond acceptors (Lipinski definition) is 4. The molecule has 0 aliphatic carbocycles. The van der Waals surface area contributed by atoms with E-state index in [2.05, 4.69) is 29.2 Å². The molecule has 0 saturated carbocycles. The van der Waals surface area contributed by atoms with Crippen molar-refractivity contribution in [3.05, 3.63) is 36.3 Å². The van der Waals surface area contributed by atoms with Crippen LogP contribution in [0.15, 0.2) is 29.1 Å². The molecule has 19 heavy (non-hydrogen) atoms. The van der Waals surface area contributed by atoms with Crippen LogP contribution in [0.2, 0.25) is 0 Å². The summed E-state index contributed by atoms with van der Waals surface area (Å²) >= 11 is 0. The summed E-state index contributed by atoms with van der Waals surface area (Å²) in [6, 6.07) is 4.09. The molecule has 104 valence electrons. The Kier molecular flexibility index (Phi) is 5.15. The van der Waals surface area contributed by atoms with Crippen molar-refractivity contribution in [1.29, 1.82) is 0 Å². The lowest BCUT2D eigenvalue weighted by atomic mass is 10.1. The van der Waals surface area contributed by atoms with E-state index in [1.165, 1.54) is 0 Å². The van der Waals surface area contributed by atoms with E-state index in [1.807, 2.05) is 16.8 Å². The van der Waals surface area contributed by atoms with Gasteiger partial charge in [-0.25, -0.2) is 4.98 Å². The molecule has 0 aromatic carbocycles. The second-order valence-electron chi connectivity index (χ2n) is 4.63. The number of nitrogens with one attached hydrogen (secondary N) is 1. The molecule has 2 rings (SSSR count). The Morgan fingerprint density at radius 2 is 2.26 bits per heavy atom. The van der Waals surface area contributed by atoms with Gasteiger partial charge in [0.2, 0.25) is 0 Å². The maximum absolute atomic E-state index is 5.52. The maximum Gasteiger partial charge on any atom is 0.138 e. The quantitative estimate of drug-likeness (QED) is 0.794. The number of furan rings is 1. The van der Waals surface area contributed by atoms with Gasteiger partial charge in [-0.1, -0.05) is 13.8 Å². The Morgan fingerprint density at radius 3 is 2.95 bits per heavy atom. The highest BCUT2D eigenvalue weighted by Gasteiger charge is 2.17. The van der Waals surface area contributed by atoms with Crippen LogP contribution >= 0.6 is 0 Å². The minimum atomic E-state index is 0.162. The van der Waals surface area contributed by atoms with Gasteiger partial charge in [-0.2, -0.15) is 5.10 Å². The number of nitrogens with zero attached hydrogens (tertiary/aromatic N) is 3. The highest BCUT2D eigenvalue weighted by atomic mass is 16.3. The summed E-state index contributed by atoms with van der Waals surface area (Å²) < 4.78 is 7.50. The minimum Gasteiger partial charge on any atom is -0.468 e. The predicted molar refractivity (Wildman–Crippen MR) is 73.8 cm³/mol. The second kappa shape index (κ2) is 7.09. The first-order valence-corrected chi connectivity index (χ1v) is 6.98. The van der Waals surface area contributed by atoms with Gasteiger partial charge in [0.05, 0.1) is 12.3 Å². The molecule has 1 unspecified atom stereocenters. The zero-order valence-corrected chi connectivity index (χ0v) is 11.7. The van der Waals surface area contributed by atoms with Gasteiger partial charge in [-0.3, -0.25) is 4.68 Å². The molecule has 0 amide bonds. The van der Waals surface area contributed by atoms with E-state index < -0.39 is 0 Å². The van der Waals surface area contributed by atoms with Crippen LogP contribution in [0.4, 0.5) is 0 Å². The summed E-state index contributed by atoms with van der Waals surface area (Å²) in [5, 5.41) is 7.77. The maximum atomic E-state index is 5.52. The van der Waals surface area contributed by atoms with Crippen LogP contribution in [-0.4, -0.2) is 21.3 Å². The first kappa shape index (κ1) is 13.8. The van der Waals surface area contributed by atoms with Crippen LogP contribution in [-0.2, 0) is 13.0 Å². The van der Waals surface area contributed by atoms with E-state index in [-0.39, 0.29) is 6.04 Å². The molecule has 1 atom stereocenters. The molecule has 2 heterocycles. The third-order valence-corrected chi connectivity index (χ3v) is 3.05. The van der Waals surface area contributed by atoms with Crippen molar-refractivity contribution in [1.82, 2.24) is 20.1 Å². The molecule has 0 fully saturated rings. The number of aryl methyl sites for hydroxylation is 1. The molecule has 2 aromatic heterocycles. The zero-order valence-electron chi connectivity index (χ0n) is 11.7. The Balaban J connectivity index is 2.08. The third kappa shape index (κ3) is 3.67. The van der Waals surface area contributed by atoms with Crippen LogP contribution in [0.25, 0.3) is 0 Å². The first-order valence-electron chi connectivity index (χ1n) is 6.98. The van der Waals surface area contributed by atoms with E-state index in [0.717, 1.165) is 43.9 Å². The summed E-state index contributed by atoms with van der Waals surface area (Å²) in [6.07, 6.45) is 6.30. The molecule has 0 radical (unpaired) electrons. The highest BCUT2D eigenvalue weighted by molar-refractivity contribution is 5.07. The fourth-order valence-electron chi connectivity index (χ4n) is 2.11. The number of rotatable bonds is 8. The SMILES string of the molecule is CCCNC(Cc1ncnn1CCC)c1ccco1. The standard InChI is InChI=1S/C14H22N4O/c1-3-7-15-12(13-6-5-9-19-13)10-14-16-11-17-18(14)8-4-2/h5-6,9,11-12,15H,3-4,7-8,10H2,1-2H3. The molecule has 2 aromatic rings. The van der Waals surface area contributed by atoms with E-state index >= 15 is 0 Å². The number of aromatic nitrogens is 3. The average Bonchev–Trinajstić information content (AvgIpc) is 3.06. The van der Waals surface area contributed by atoms with E-state index in [4.69, 9.17) is 4.42 Å². The average molecular weight is 262 g/mol. The molecule has 1 N–H and O–H groups in total. The van der Waals surface area contributed by atoms with Gasteiger partial charge in [0, 0.05) is 13.0 Å². The summed E-state index contributed by atoms with van der Waals surface area (Å²) in [5.41, 5.74) is 0. The first-order chi connectivity index (χ1) is 9.35. The monoisotopic (exact) mass is 262 g/mol. The largest absolute Gasteiger partial charge is 0.468 e. The Hall–Kier alpha value is -1.62. The molecule has 0 bridgehead atoms. The van der Waals surface area contributed by atoms with Crippen LogP contribution in [0.3, 0.4) is 0 Å². The predicted octanol–water partition coefficient (Wildman–Crippen LogP) is 2.56. The summed E-state index contributed by atoms with van der Waals surface area (Å²) in [6.45, 7) is 6.18. The molecule has 0 spiro atoms. The van der Waals surface area contributed by atoms with Gasteiger partial charge in [0.15, 0.2) is 0 Å². The van der Waals surface area contributed by atoms with Gasteiger partial charge in [0.1, 0.15) is 17.9 Å².